The molecule has 0 N–H and O–H groups in total. The Kier molecular flexibility index (Phi) is 4.94. The van der Waals surface area contributed by atoms with Gasteiger partial charge in [0, 0.05) is 45.0 Å². The quantitative estimate of drug-likeness (QED) is 0.554. The molecule has 1 aromatic heterocycles. The van der Waals surface area contributed by atoms with Crippen LogP contribution < -0.4 is 10.5 Å². The number of hydrogen-bond acceptors (Lipinski definition) is 3. The Morgan fingerprint density at radius 1 is 1.41 bits per heavy atom. The summed E-state index contributed by atoms with van der Waals surface area (Å²) in [6, 6.07) is 1.67. The molecule has 0 atom stereocenters. The second kappa shape index (κ2) is 6.23. The Morgan fingerprint density at radius 2 is 2.12 bits per heavy atom. The van der Waals surface area contributed by atoms with Crippen LogP contribution in [0.3, 0.4) is 0 Å². The third kappa shape index (κ3) is 3.44. The number of pyridine rings is 1. The molecule has 0 aromatic carbocycles. The maximum absolute atomic E-state index is 11.7. The number of aldehydes is 1. The lowest BCUT2D eigenvalue weighted by atomic mass is 10.1. The van der Waals surface area contributed by atoms with E-state index >= 15 is 0 Å². The fraction of sp³-hybridized carbons (Fsp3) is 0.538. The summed E-state index contributed by atoms with van der Waals surface area (Å²) in [6.45, 7) is 2.62. The number of aryl methyl sites for hydroxylation is 2. The van der Waals surface area contributed by atoms with E-state index < -0.39 is 0 Å². The minimum Gasteiger partial charge on any atom is -0.377 e. The van der Waals surface area contributed by atoms with Crippen LogP contribution in [0.25, 0.3) is 0 Å². The number of rotatable bonds is 6. The summed E-state index contributed by atoms with van der Waals surface area (Å²) in [5.41, 5.74) is 2.10. The van der Waals surface area contributed by atoms with Gasteiger partial charge in [0.2, 0.25) is 0 Å². The first kappa shape index (κ1) is 13.5. The van der Waals surface area contributed by atoms with Crippen molar-refractivity contribution in [2.45, 2.75) is 32.7 Å². The highest BCUT2D eigenvalue weighted by atomic mass is 16.1. The molecule has 4 nitrogen and oxygen atoms in total. The van der Waals surface area contributed by atoms with E-state index in [1.54, 1.807) is 10.6 Å². The van der Waals surface area contributed by atoms with E-state index in [9.17, 15) is 9.59 Å². The summed E-state index contributed by atoms with van der Waals surface area (Å²) >= 11 is 0. The van der Waals surface area contributed by atoms with Crippen LogP contribution in [0.15, 0.2) is 17.1 Å². The number of anilines is 1. The molecule has 1 rings (SSSR count). The van der Waals surface area contributed by atoms with Crippen molar-refractivity contribution in [3.8, 4) is 0 Å². The van der Waals surface area contributed by atoms with Gasteiger partial charge >= 0.3 is 0 Å². The number of aromatic nitrogens is 1. The smallest absolute Gasteiger partial charge is 0.252 e. The highest BCUT2D eigenvalue weighted by Gasteiger charge is 2.07. The average Bonchev–Trinajstić information content (AvgIpc) is 2.30. The fourth-order valence-corrected chi connectivity index (χ4v) is 1.84. The molecule has 0 aliphatic heterocycles. The maximum atomic E-state index is 11.7. The monoisotopic (exact) mass is 236 g/mol. The van der Waals surface area contributed by atoms with E-state index in [1.807, 2.05) is 32.1 Å². The van der Waals surface area contributed by atoms with Gasteiger partial charge in [-0.25, -0.2) is 0 Å². The number of hydrogen-bond donors (Lipinski definition) is 0. The van der Waals surface area contributed by atoms with Crippen molar-refractivity contribution in [2.75, 3.05) is 19.0 Å². The topological polar surface area (TPSA) is 42.3 Å². The Hall–Kier alpha value is -1.58. The van der Waals surface area contributed by atoms with Crippen LogP contribution in [0.5, 0.6) is 0 Å². The van der Waals surface area contributed by atoms with Gasteiger partial charge in [-0.05, 0) is 25.3 Å². The molecule has 0 aliphatic carbocycles. The van der Waals surface area contributed by atoms with Crippen LogP contribution in [0.4, 0.5) is 5.69 Å². The normalized spacial score (nSPS) is 10.3. The van der Waals surface area contributed by atoms with E-state index in [1.165, 1.54) is 0 Å². The lowest BCUT2D eigenvalue weighted by Gasteiger charge is -2.18. The highest BCUT2D eigenvalue weighted by Crippen LogP contribution is 2.18. The average molecular weight is 236 g/mol. The van der Waals surface area contributed by atoms with Crippen LogP contribution in [-0.2, 0) is 17.8 Å². The predicted octanol–water partition coefficient (Wildman–Crippen LogP) is 1.46. The van der Waals surface area contributed by atoms with E-state index in [0.717, 1.165) is 30.4 Å². The summed E-state index contributed by atoms with van der Waals surface area (Å²) in [5, 5.41) is 0. The van der Waals surface area contributed by atoms with Crippen molar-refractivity contribution in [3.63, 3.8) is 0 Å². The zero-order valence-corrected chi connectivity index (χ0v) is 10.8. The lowest BCUT2D eigenvalue weighted by Crippen LogP contribution is -2.22. The molecule has 17 heavy (non-hydrogen) atoms. The van der Waals surface area contributed by atoms with E-state index in [2.05, 4.69) is 0 Å². The highest BCUT2D eigenvalue weighted by molar-refractivity contribution is 5.52. The molecule has 4 heteroatoms. The molecule has 0 bridgehead atoms. The van der Waals surface area contributed by atoms with Crippen LogP contribution in [-0.4, -0.2) is 24.9 Å². The van der Waals surface area contributed by atoms with Crippen LogP contribution in [0, 0.1) is 0 Å². The molecule has 94 valence electrons. The summed E-state index contributed by atoms with van der Waals surface area (Å²) in [4.78, 5) is 24.0. The molecule has 0 aliphatic rings. The van der Waals surface area contributed by atoms with Gasteiger partial charge < -0.3 is 14.3 Å². The Balaban J connectivity index is 3.05. The van der Waals surface area contributed by atoms with Gasteiger partial charge in [0.25, 0.3) is 5.56 Å². The molecule has 0 fully saturated rings. The zero-order valence-electron chi connectivity index (χ0n) is 10.8. The van der Waals surface area contributed by atoms with Crippen LogP contribution in [0.2, 0.25) is 0 Å². The van der Waals surface area contributed by atoms with Gasteiger partial charge in [0.1, 0.15) is 6.29 Å². The number of nitrogens with zero attached hydrogens (tertiary/aromatic N) is 2. The third-order valence-corrected chi connectivity index (χ3v) is 2.77. The Bertz CT molecular complexity index is 436. The first-order valence-corrected chi connectivity index (χ1v) is 5.94. The molecule has 0 unspecified atom stereocenters. The van der Waals surface area contributed by atoms with Crippen molar-refractivity contribution in [1.29, 1.82) is 0 Å². The molecule has 0 amide bonds. The molecule has 0 saturated heterocycles. The van der Waals surface area contributed by atoms with Gasteiger partial charge in [-0.1, -0.05) is 0 Å². The third-order valence-electron chi connectivity index (χ3n) is 2.77. The fourth-order valence-electron chi connectivity index (χ4n) is 1.84. The minimum absolute atomic E-state index is 0.0235. The van der Waals surface area contributed by atoms with Crippen LogP contribution >= 0.6 is 0 Å². The number of unbranched alkanes of at least 4 members (excludes halogenated alkanes) is 1. The first-order valence-electron chi connectivity index (χ1n) is 5.94. The largest absolute Gasteiger partial charge is 0.377 e. The second-order valence-electron chi connectivity index (χ2n) is 4.26. The number of carbonyl (C=O) groups is 1. The summed E-state index contributed by atoms with van der Waals surface area (Å²) in [6.07, 6.45) is 5.06. The summed E-state index contributed by atoms with van der Waals surface area (Å²) < 4.78 is 1.70. The van der Waals surface area contributed by atoms with Crippen molar-refractivity contribution in [1.82, 2.24) is 4.57 Å². The van der Waals surface area contributed by atoms with E-state index in [0.29, 0.717) is 13.0 Å². The summed E-state index contributed by atoms with van der Waals surface area (Å²) in [5.74, 6) is 0. The second-order valence-corrected chi connectivity index (χ2v) is 4.26. The Morgan fingerprint density at radius 3 is 2.65 bits per heavy atom. The van der Waals surface area contributed by atoms with Gasteiger partial charge in [0.05, 0.1) is 0 Å². The molecular weight excluding hydrogens is 216 g/mol. The van der Waals surface area contributed by atoms with Crippen molar-refractivity contribution in [2.24, 2.45) is 0 Å². The molecule has 0 spiro atoms. The molecule has 0 saturated carbocycles. The summed E-state index contributed by atoms with van der Waals surface area (Å²) in [7, 11) is 3.85. The first-order chi connectivity index (χ1) is 8.10. The Labute approximate surface area is 102 Å². The van der Waals surface area contributed by atoms with Crippen molar-refractivity contribution in [3.05, 3.63) is 28.2 Å². The van der Waals surface area contributed by atoms with Crippen molar-refractivity contribution < 1.29 is 4.79 Å². The maximum Gasteiger partial charge on any atom is 0.252 e. The van der Waals surface area contributed by atoms with Crippen LogP contribution in [0.1, 0.15) is 25.3 Å². The minimum atomic E-state index is 0.0235. The molecular formula is C13H20N2O2. The number of carbonyl (C=O) groups excluding carboxylic acids is 1. The van der Waals surface area contributed by atoms with Gasteiger partial charge in [-0.3, -0.25) is 4.79 Å². The SMILES string of the molecule is CCn1cc(CCCC=O)c(N(C)C)cc1=O. The predicted molar refractivity (Wildman–Crippen MR) is 69.7 cm³/mol. The van der Waals surface area contributed by atoms with Gasteiger partial charge in [-0.15, -0.1) is 0 Å². The standard InChI is InChI=1S/C13H20N2O2/c1-4-15-10-11(7-5-6-8-16)12(14(2)3)9-13(15)17/h8-10H,4-7H2,1-3H3. The van der Waals surface area contributed by atoms with Gasteiger partial charge in [-0.2, -0.15) is 0 Å². The van der Waals surface area contributed by atoms with Gasteiger partial charge in [0.15, 0.2) is 0 Å². The van der Waals surface area contributed by atoms with E-state index in [4.69, 9.17) is 0 Å². The van der Waals surface area contributed by atoms with E-state index in [-0.39, 0.29) is 5.56 Å². The lowest BCUT2D eigenvalue weighted by molar-refractivity contribution is -0.107. The molecule has 1 heterocycles. The molecule has 0 radical (unpaired) electrons. The zero-order chi connectivity index (χ0) is 12.8. The molecule has 1 aromatic rings. The van der Waals surface area contributed by atoms with Crippen molar-refractivity contribution >= 4 is 12.0 Å².